The van der Waals surface area contributed by atoms with Crippen molar-refractivity contribution in [3.63, 3.8) is 0 Å². The molecule has 0 amide bonds. The third-order valence-corrected chi connectivity index (χ3v) is 2.66. The van der Waals surface area contributed by atoms with E-state index in [9.17, 15) is 0 Å². The van der Waals surface area contributed by atoms with E-state index in [1.54, 1.807) is 7.11 Å². The van der Waals surface area contributed by atoms with Crippen LogP contribution in [0.2, 0.25) is 0 Å². The summed E-state index contributed by atoms with van der Waals surface area (Å²) < 4.78 is 6.10. The predicted octanol–water partition coefficient (Wildman–Crippen LogP) is 3.29. The SMILES string of the molecule is COCCCCNc1ccccc1Br. The van der Waals surface area contributed by atoms with Gasteiger partial charge >= 0.3 is 0 Å². The van der Waals surface area contributed by atoms with Gasteiger partial charge in [-0.3, -0.25) is 0 Å². The van der Waals surface area contributed by atoms with Crippen molar-refractivity contribution in [2.24, 2.45) is 0 Å². The van der Waals surface area contributed by atoms with Crippen LogP contribution in [0.4, 0.5) is 5.69 Å². The number of unbranched alkanes of at least 4 members (excludes halogenated alkanes) is 1. The smallest absolute Gasteiger partial charge is 0.0484 e. The summed E-state index contributed by atoms with van der Waals surface area (Å²) in [7, 11) is 1.74. The third kappa shape index (κ3) is 4.11. The fourth-order valence-electron chi connectivity index (χ4n) is 1.20. The van der Waals surface area contributed by atoms with Crippen molar-refractivity contribution >= 4 is 21.6 Å². The second kappa shape index (κ2) is 6.85. The van der Waals surface area contributed by atoms with Crippen LogP contribution in [0.25, 0.3) is 0 Å². The average Bonchev–Trinajstić information content (AvgIpc) is 2.20. The molecule has 1 aromatic rings. The predicted molar refractivity (Wildman–Crippen MR) is 63.7 cm³/mol. The van der Waals surface area contributed by atoms with Gasteiger partial charge in [-0.25, -0.2) is 0 Å². The Morgan fingerprint density at radius 1 is 1.29 bits per heavy atom. The normalized spacial score (nSPS) is 10.1. The number of anilines is 1. The Hall–Kier alpha value is -0.540. The van der Waals surface area contributed by atoms with E-state index in [0.29, 0.717) is 0 Å². The van der Waals surface area contributed by atoms with Crippen LogP contribution in [-0.4, -0.2) is 20.3 Å². The van der Waals surface area contributed by atoms with Gasteiger partial charge < -0.3 is 10.1 Å². The van der Waals surface area contributed by atoms with Crippen molar-refractivity contribution in [2.75, 3.05) is 25.6 Å². The first kappa shape index (κ1) is 11.5. The minimum absolute atomic E-state index is 0.845. The first-order valence-corrected chi connectivity index (χ1v) is 5.61. The molecule has 0 aromatic heterocycles. The molecular weight excluding hydrogens is 242 g/mol. The lowest BCUT2D eigenvalue weighted by Gasteiger charge is -2.07. The molecular formula is C11H16BrNO. The number of hydrogen-bond donors (Lipinski definition) is 1. The highest BCUT2D eigenvalue weighted by atomic mass is 79.9. The van der Waals surface area contributed by atoms with Crippen LogP contribution in [0, 0.1) is 0 Å². The maximum Gasteiger partial charge on any atom is 0.0484 e. The lowest BCUT2D eigenvalue weighted by Crippen LogP contribution is -2.03. The van der Waals surface area contributed by atoms with Crippen LogP contribution in [0.3, 0.4) is 0 Å². The highest BCUT2D eigenvalue weighted by molar-refractivity contribution is 9.10. The Balaban J connectivity index is 2.21. The summed E-state index contributed by atoms with van der Waals surface area (Å²) in [6.45, 7) is 1.84. The van der Waals surface area contributed by atoms with Gasteiger partial charge in [0.25, 0.3) is 0 Å². The fourth-order valence-corrected chi connectivity index (χ4v) is 1.62. The lowest BCUT2D eigenvalue weighted by atomic mass is 10.3. The van der Waals surface area contributed by atoms with Gasteiger partial charge in [-0.1, -0.05) is 12.1 Å². The van der Waals surface area contributed by atoms with E-state index in [0.717, 1.165) is 36.2 Å². The van der Waals surface area contributed by atoms with Crippen LogP contribution in [0.1, 0.15) is 12.8 Å². The van der Waals surface area contributed by atoms with Crippen molar-refractivity contribution in [1.82, 2.24) is 0 Å². The topological polar surface area (TPSA) is 21.3 Å². The van der Waals surface area contributed by atoms with Crippen molar-refractivity contribution < 1.29 is 4.74 Å². The molecule has 0 aliphatic rings. The first-order chi connectivity index (χ1) is 6.84. The van der Waals surface area contributed by atoms with E-state index in [4.69, 9.17) is 4.74 Å². The number of ether oxygens (including phenoxy) is 1. The average molecular weight is 258 g/mol. The number of methoxy groups -OCH3 is 1. The van der Waals surface area contributed by atoms with Gasteiger partial charge in [0, 0.05) is 30.4 Å². The van der Waals surface area contributed by atoms with Crippen molar-refractivity contribution in [3.05, 3.63) is 28.7 Å². The van der Waals surface area contributed by atoms with Gasteiger partial charge in [-0.05, 0) is 40.9 Å². The first-order valence-electron chi connectivity index (χ1n) is 4.82. The van der Waals surface area contributed by atoms with Gasteiger partial charge in [0.1, 0.15) is 0 Å². The molecule has 1 rings (SSSR count). The number of para-hydroxylation sites is 1. The minimum atomic E-state index is 0.845. The molecule has 1 N–H and O–H groups in total. The summed E-state index contributed by atoms with van der Waals surface area (Å²) >= 11 is 3.49. The maximum absolute atomic E-state index is 4.98. The van der Waals surface area contributed by atoms with Gasteiger partial charge in [0.05, 0.1) is 0 Å². The zero-order chi connectivity index (χ0) is 10.2. The molecule has 3 heteroatoms. The van der Waals surface area contributed by atoms with E-state index in [1.165, 1.54) is 0 Å². The Morgan fingerprint density at radius 2 is 2.07 bits per heavy atom. The fraction of sp³-hybridized carbons (Fsp3) is 0.455. The Morgan fingerprint density at radius 3 is 2.79 bits per heavy atom. The van der Waals surface area contributed by atoms with Crippen LogP contribution in [0.5, 0.6) is 0 Å². The number of rotatable bonds is 6. The van der Waals surface area contributed by atoms with Crippen LogP contribution < -0.4 is 5.32 Å². The summed E-state index contributed by atoms with van der Waals surface area (Å²) in [5.74, 6) is 0. The lowest BCUT2D eigenvalue weighted by molar-refractivity contribution is 0.194. The van der Waals surface area contributed by atoms with Crippen molar-refractivity contribution in [1.29, 1.82) is 0 Å². The van der Waals surface area contributed by atoms with Gasteiger partial charge in [-0.2, -0.15) is 0 Å². The molecule has 1 aromatic carbocycles. The summed E-state index contributed by atoms with van der Waals surface area (Å²) in [5, 5.41) is 3.37. The number of hydrogen-bond acceptors (Lipinski definition) is 2. The molecule has 0 aliphatic heterocycles. The van der Waals surface area contributed by atoms with E-state index in [1.807, 2.05) is 18.2 Å². The van der Waals surface area contributed by atoms with E-state index >= 15 is 0 Å². The molecule has 0 aliphatic carbocycles. The van der Waals surface area contributed by atoms with Gasteiger partial charge in [0.15, 0.2) is 0 Å². The van der Waals surface area contributed by atoms with Crippen LogP contribution in [-0.2, 0) is 4.74 Å². The molecule has 0 bridgehead atoms. The van der Waals surface area contributed by atoms with E-state index in [2.05, 4.69) is 27.3 Å². The highest BCUT2D eigenvalue weighted by Gasteiger charge is 1.95. The van der Waals surface area contributed by atoms with Gasteiger partial charge in [0.2, 0.25) is 0 Å². The third-order valence-electron chi connectivity index (χ3n) is 1.96. The molecule has 0 unspecified atom stereocenters. The quantitative estimate of drug-likeness (QED) is 0.790. The monoisotopic (exact) mass is 257 g/mol. The van der Waals surface area contributed by atoms with Crippen LogP contribution >= 0.6 is 15.9 Å². The van der Waals surface area contributed by atoms with Crippen molar-refractivity contribution in [3.8, 4) is 0 Å². The second-order valence-corrected chi connectivity index (χ2v) is 3.96. The Kier molecular flexibility index (Phi) is 5.64. The summed E-state index contributed by atoms with van der Waals surface area (Å²) in [6.07, 6.45) is 2.24. The zero-order valence-electron chi connectivity index (χ0n) is 8.42. The second-order valence-electron chi connectivity index (χ2n) is 3.11. The summed E-state index contributed by atoms with van der Waals surface area (Å²) in [6, 6.07) is 8.15. The largest absolute Gasteiger partial charge is 0.385 e. The molecule has 2 nitrogen and oxygen atoms in total. The molecule has 78 valence electrons. The van der Waals surface area contributed by atoms with Crippen LogP contribution in [0.15, 0.2) is 28.7 Å². The molecule has 0 saturated carbocycles. The molecule has 0 radical (unpaired) electrons. The van der Waals surface area contributed by atoms with E-state index < -0.39 is 0 Å². The summed E-state index contributed by atoms with van der Waals surface area (Å²) in [5.41, 5.74) is 1.16. The molecule has 0 spiro atoms. The zero-order valence-corrected chi connectivity index (χ0v) is 10.0. The maximum atomic E-state index is 4.98. The number of nitrogens with one attached hydrogen (secondary N) is 1. The molecule has 0 saturated heterocycles. The minimum Gasteiger partial charge on any atom is -0.385 e. The highest BCUT2D eigenvalue weighted by Crippen LogP contribution is 2.20. The summed E-state index contributed by atoms with van der Waals surface area (Å²) in [4.78, 5) is 0. The van der Waals surface area contributed by atoms with Crippen molar-refractivity contribution in [2.45, 2.75) is 12.8 Å². The van der Waals surface area contributed by atoms with E-state index in [-0.39, 0.29) is 0 Å². The number of benzene rings is 1. The molecule has 14 heavy (non-hydrogen) atoms. The molecule has 0 atom stereocenters. The molecule has 0 heterocycles. The number of halogens is 1. The Bertz CT molecular complexity index is 265. The standard InChI is InChI=1S/C11H16BrNO/c1-14-9-5-4-8-13-11-7-3-2-6-10(11)12/h2-3,6-7,13H,4-5,8-9H2,1H3. The molecule has 0 fully saturated rings. The van der Waals surface area contributed by atoms with Gasteiger partial charge in [-0.15, -0.1) is 0 Å². The Labute approximate surface area is 93.8 Å².